The van der Waals surface area contributed by atoms with Crippen molar-refractivity contribution in [3.8, 4) is 5.75 Å². The maximum atomic E-state index is 5.88. The van der Waals surface area contributed by atoms with Crippen LogP contribution in [0.1, 0.15) is 38.8 Å². The van der Waals surface area contributed by atoms with E-state index in [1.165, 1.54) is 28.4 Å². The summed E-state index contributed by atoms with van der Waals surface area (Å²) in [5, 5.41) is 0. The number of ether oxygens (including phenoxy) is 1. The van der Waals surface area contributed by atoms with Crippen molar-refractivity contribution < 1.29 is 4.74 Å². The first-order valence-electron chi connectivity index (χ1n) is 6.29. The van der Waals surface area contributed by atoms with E-state index in [1.54, 1.807) is 0 Å². The van der Waals surface area contributed by atoms with Crippen LogP contribution in [0.4, 0.5) is 0 Å². The van der Waals surface area contributed by atoms with Crippen LogP contribution in [0.3, 0.4) is 0 Å². The molecule has 0 spiro atoms. The van der Waals surface area contributed by atoms with Crippen LogP contribution >= 0.6 is 15.9 Å². The van der Waals surface area contributed by atoms with Gasteiger partial charge < -0.3 is 4.74 Å². The average Bonchev–Trinajstić information content (AvgIpc) is 2.55. The summed E-state index contributed by atoms with van der Waals surface area (Å²) in [5.41, 5.74) is 3.13. The Bertz CT molecular complexity index is 418. The third-order valence-electron chi connectivity index (χ3n) is 3.05. The smallest absolute Gasteiger partial charge is 0.120 e. The summed E-state index contributed by atoms with van der Waals surface area (Å²) < 4.78 is 7.09. The largest absolute Gasteiger partial charge is 0.493 e. The number of fused-ring (bicyclic) bond motifs is 1. The Labute approximate surface area is 113 Å². The van der Waals surface area contributed by atoms with Crippen molar-refractivity contribution in [3.05, 3.63) is 27.7 Å². The normalized spacial score (nSPS) is 19.2. The van der Waals surface area contributed by atoms with Crippen LogP contribution in [0.15, 0.2) is 16.6 Å². The van der Waals surface area contributed by atoms with Gasteiger partial charge in [-0.3, -0.25) is 0 Å². The first-order chi connectivity index (χ1) is 7.85. The van der Waals surface area contributed by atoms with Gasteiger partial charge in [0.25, 0.3) is 0 Å². The Morgan fingerprint density at radius 1 is 1.29 bits per heavy atom. The third kappa shape index (κ3) is 3.25. The second-order valence-electron chi connectivity index (χ2n) is 6.41. The molecule has 0 fully saturated rings. The highest BCUT2D eigenvalue weighted by Crippen LogP contribution is 2.36. The van der Waals surface area contributed by atoms with E-state index in [2.05, 4.69) is 55.8 Å². The van der Waals surface area contributed by atoms with Crippen LogP contribution in [0, 0.1) is 11.3 Å². The Hall–Kier alpha value is -0.500. The summed E-state index contributed by atoms with van der Waals surface area (Å²) in [6.07, 6.45) is 2.37. The van der Waals surface area contributed by atoms with E-state index >= 15 is 0 Å². The van der Waals surface area contributed by atoms with Crippen molar-refractivity contribution in [1.82, 2.24) is 0 Å². The van der Waals surface area contributed by atoms with Crippen LogP contribution in [0.2, 0.25) is 0 Å². The van der Waals surface area contributed by atoms with Gasteiger partial charge in [-0.15, -0.1) is 0 Å². The van der Waals surface area contributed by atoms with Crippen LogP contribution in [0.25, 0.3) is 0 Å². The first kappa shape index (κ1) is 12.9. The molecule has 0 saturated carbocycles. The third-order valence-corrected chi connectivity index (χ3v) is 3.76. The molecule has 94 valence electrons. The number of benzene rings is 1. The van der Waals surface area contributed by atoms with Gasteiger partial charge in [0.2, 0.25) is 0 Å². The maximum absolute atomic E-state index is 5.88. The minimum absolute atomic E-state index is 0.207. The zero-order valence-electron chi connectivity index (χ0n) is 11.1. The van der Waals surface area contributed by atoms with Gasteiger partial charge in [0.15, 0.2) is 0 Å². The molecule has 1 atom stereocenters. The quantitative estimate of drug-likeness (QED) is 0.774. The molecule has 1 aromatic carbocycles. The molecule has 0 amide bonds. The summed E-state index contributed by atoms with van der Waals surface area (Å²) in [4.78, 5) is 0. The Morgan fingerprint density at radius 2 is 2.00 bits per heavy atom. The topological polar surface area (TPSA) is 9.23 Å². The van der Waals surface area contributed by atoms with E-state index in [1.807, 2.05) is 0 Å². The molecule has 1 aliphatic carbocycles. The van der Waals surface area contributed by atoms with Gasteiger partial charge in [0.05, 0.1) is 6.61 Å². The van der Waals surface area contributed by atoms with E-state index in [0.29, 0.717) is 0 Å². The predicted molar refractivity (Wildman–Crippen MR) is 75.7 cm³/mol. The van der Waals surface area contributed by atoms with E-state index in [-0.39, 0.29) is 5.41 Å². The lowest BCUT2D eigenvalue weighted by Crippen LogP contribution is -2.16. The second kappa shape index (κ2) is 4.64. The molecular weight excluding hydrogens is 276 g/mol. The first-order valence-corrected chi connectivity index (χ1v) is 7.08. The highest BCUT2D eigenvalue weighted by Gasteiger charge is 2.21. The predicted octanol–water partition coefficient (Wildman–Crippen LogP) is 4.61. The molecule has 1 nitrogen and oxygen atoms in total. The van der Waals surface area contributed by atoms with Gasteiger partial charge in [-0.25, -0.2) is 0 Å². The molecule has 0 bridgehead atoms. The fourth-order valence-corrected chi connectivity index (χ4v) is 2.90. The molecule has 17 heavy (non-hydrogen) atoms. The van der Waals surface area contributed by atoms with E-state index in [9.17, 15) is 0 Å². The second-order valence-corrected chi connectivity index (χ2v) is 7.26. The van der Waals surface area contributed by atoms with Gasteiger partial charge in [-0.1, -0.05) is 43.6 Å². The lowest BCUT2D eigenvalue weighted by Gasteiger charge is -2.19. The van der Waals surface area contributed by atoms with Crippen molar-refractivity contribution >= 4 is 15.9 Å². The molecule has 2 heteroatoms. The van der Waals surface area contributed by atoms with Crippen LogP contribution in [-0.4, -0.2) is 6.61 Å². The molecular formula is C15H21BrO. The molecule has 0 heterocycles. The Morgan fingerprint density at radius 3 is 2.65 bits per heavy atom. The monoisotopic (exact) mass is 296 g/mol. The van der Waals surface area contributed by atoms with Gasteiger partial charge in [-0.2, -0.15) is 0 Å². The zero-order valence-corrected chi connectivity index (χ0v) is 12.7. The fourth-order valence-electron chi connectivity index (χ4n) is 2.26. The van der Waals surface area contributed by atoms with E-state index in [4.69, 9.17) is 4.74 Å². The molecule has 1 aromatic rings. The maximum Gasteiger partial charge on any atom is 0.120 e. The van der Waals surface area contributed by atoms with Crippen molar-refractivity contribution in [2.75, 3.05) is 6.61 Å². The molecule has 2 rings (SSSR count). The summed E-state index contributed by atoms with van der Waals surface area (Å²) in [6, 6.07) is 4.33. The molecule has 1 aliphatic rings. The van der Waals surface area contributed by atoms with Crippen LogP contribution in [0.5, 0.6) is 5.75 Å². The van der Waals surface area contributed by atoms with Crippen LogP contribution < -0.4 is 4.74 Å². The van der Waals surface area contributed by atoms with E-state index in [0.717, 1.165) is 18.3 Å². The highest BCUT2D eigenvalue weighted by molar-refractivity contribution is 9.10. The minimum Gasteiger partial charge on any atom is -0.493 e. The molecule has 0 radical (unpaired) electrons. The molecule has 0 aromatic heterocycles. The fraction of sp³-hybridized carbons (Fsp3) is 0.600. The standard InChI is InChI=1S/C15H21BrO/c1-10-5-11-7-12(17-9-15(2,3)4)8-14(16)13(11)6-10/h7-8,10H,5-6,9H2,1-4H3. The van der Waals surface area contributed by atoms with Gasteiger partial charge in [0.1, 0.15) is 5.75 Å². The lowest BCUT2D eigenvalue weighted by atomic mass is 9.99. The molecule has 1 unspecified atom stereocenters. The number of hydrogen-bond donors (Lipinski definition) is 0. The summed E-state index contributed by atoms with van der Waals surface area (Å²) in [5.74, 6) is 1.76. The SMILES string of the molecule is CC1Cc2cc(OCC(C)(C)C)cc(Br)c2C1. The van der Waals surface area contributed by atoms with Crippen LogP contribution in [-0.2, 0) is 12.8 Å². The van der Waals surface area contributed by atoms with Crippen molar-refractivity contribution in [2.45, 2.75) is 40.5 Å². The average molecular weight is 297 g/mol. The lowest BCUT2D eigenvalue weighted by molar-refractivity contribution is 0.197. The van der Waals surface area contributed by atoms with E-state index < -0.39 is 0 Å². The molecule has 0 aliphatic heterocycles. The number of halogens is 1. The van der Waals surface area contributed by atoms with Gasteiger partial charge >= 0.3 is 0 Å². The van der Waals surface area contributed by atoms with Crippen molar-refractivity contribution in [1.29, 1.82) is 0 Å². The summed E-state index contributed by atoms with van der Waals surface area (Å²) in [6.45, 7) is 9.64. The molecule has 0 N–H and O–H groups in total. The number of rotatable bonds is 2. The molecule has 0 saturated heterocycles. The highest BCUT2D eigenvalue weighted by atomic mass is 79.9. The summed E-state index contributed by atoms with van der Waals surface area (Å²) in [7, 11) is 0. The Kier molecular flexibility index (Phi) is 3.53. The van der Waals surface area contributed by atoms with Gasteiger partial charge in [-0.05, 0) is 47.4 Å². The Balaban J connectivity index is 2.16. The van der Waals surface area contributed by atoms with Crippen molar-refractivity contribution in [3.63, 3.8) is 0 Å². The van der Waals surface area contributed by atoms with Crippen molar-refractivity contribution in [2.24, 2.45) is 11.3 Å². The summed E-state index contributed by atoms with van der Waals surface area (Å²) >= 11 is 3.67. The minimum atomic E-state index is 0.207. The number of hydrogen-bond acceptors (Lipinski definition) is 1. The zero-order chi connectivity index (χ0) is 12.6. The van der Waals surface area contributed by atoms with Gasteiger partial charge in [0, 0.05) is 4.47 Å².